The molecular formula is C12H18FNO. The molecule has 0 aromatic heterocycles. The van der Waals surface area contributed by atoms with Gasteiger partial charge in [-0.15, -0.1) is 0 Å². The van der Waals surface area contributed by atoms with Crippen molar-refractivity contribution in [3.63, 3.8) is 0 Å². The fraction of sp³-hybridized carbons (Fsp3) is 0.500. The second kappa shape index (κ2) is 5.71. The Kier molecular flexibility index (Phi) is 4.56. The Morgan fingerprint density at radius 3 is 2.73 bits per heavy atom. The molecule has 0 aliphatic heterocycles. The zero-order valence-electron chi connectivity index (χ0n) is 9.29. The maximum absolute atomic E-state index is 13.5. The van der Waals surface area contributed by atoms with E-state index in [1.165, 1.54) is 6.07 Å². The Labute approximate surface area is 90.2 Å². The summed E-state index contributed by atoms with van der Waals surface area (Å²) in [5.41, 5.74) is 6.26. The molecule has 84 valence electrons. The van der Waals surface area contributed by atoms with Gasteiger partial charge in [0.15, 0.2) is 0 Å². The van der Waals surface area contributed by atoms with Gasteiger partial charge in [0.25, 0.3) is 0 Å². The molecule has 0 fully saturated rings. The average molecular weight is 211 g/mol. The van der Waals surface area contributed by atoms with Crippen LogP contribution in [0.25, 0.3) is 0 Å². The van der Waals surface area contributed by atoms with Gasteiger partial charge >= 0.3 is 0 Å². The average Bonchev–Trinajstić information content (AvgIpc) is 2.18. The Bertz CT molecular complexity index is 312. The molecule has 0 aliphatic rings. The smallest absolute Gasteiger partial charge is 0.130 e. The van der Waals surface area contributed by atoms with Gasteiger partial charge in [-0.3, -0.25) is 0 Å². The van der Waals surface area contributed by atoms with Crippen molar-refractivity contribution in [2.45, 2.75) is 32.7 Å². The quantitative estimate of drug-likeness (QED) is 0.812. The van der Waals surface area contributed by atoms with Gasteiger partial charge in [0.1, 0.15) is 11.6 Å². The van der Waals surface area contributed by atoms with Gasteiger partial charge in [-0.25, -0.2) is 4.39 Å². The molecule has 0 aliphatic carbocycles. The molecule has 0 saturated carbocycles. The van der Waals surface area contributed by atoms with Crippen molar-refractivity contribution in [3.05, 3.63) is 29.6 Å². The zero-order valence-corrected chi connectivity index (χ0v) is 9.29. The molecule has 3 heteroatoms. The lowest BCUT2D eigenvalue weighted by Crippen LogP contribution is -2.18. The highest BCUT2D eigenvalue weighted by Crippen LogP contribution is 2.17. The van der Waals surface area contributed by atoms with Crippen LogP contribution in [-0.4, -0.2) is 12.6 Å². The van der Waals surface area contributed by atoms with Crippen LogP contribution >= 0.6 is 0 Å². The van der Waals surface area contributed by atoms with Crippen LogP contribution in [0, 0.1) is 5.82 Å². The maximum Gasteiger partial charge on any atom is 0.130 e. The summed E-state index contributed by atoms with van der Waals surface area (Å²) in [6, 6.07) is 4.93. The lowest BCUT2D eigenvalue weighted by molar-refractivity contribution is 0.315. The fourth-order valence-corrected chi connectivity index (χ4v) is 1.35. The Morgan fingerprint density at radius 2 is 2.20 bits per heavy atom. The number of benzene rings is 1. The van der Waals surface area contributed by atoms with Crippen molar-refractivity contribution in [3.8, 4) is 5.75 Å². The van der Waals surface area contributed by atoms with Crippen molar-refractivity contribution in [1.29, 1.82) is 0 Å². The summed E-state index contributed by atoms with van der Waals surface area (Å²) >= 11 is 0. The Hall–Kier alpha value is -1.09. The monoisotopic (exact) mass is 211 g/mol. The van der Waals surface area contributed by atoms with Crippen molar-refractivity contribution >= 4 is 0 Å². The number of rotatable bonds is 5. The summed E-state index contributed by atoms with van der Waals surface area (Å²) in [5.74, 6) is 0.351. The van der Waals surface area contributed by atoms with E-state index in [2.05, 4.69) is 0 Å². The second-order valence-corrected chi connectivity index (χ2v) is 3.78. The van der Waals surface area contributed by atoms with E-state index in [1.807, 2.05) is 13.8 Å². The van der Waals surface area contributed by atoms with Crippen LogP contribution in [-0.2, 0) is 6.42 Å². The Balaban J connectivity index is 2.70. The highest BCUT2D eigenvalue weighted by atomic mass is 19.1. The summed E-state index contributed by atoms with van der Waals surface area (Å²) < 4.78 is 18.8. The highest BCUT2D eigenvalue weighted by molar-refractivity contribution is 5.29. The summed E-state index contributed by atoms with van der Waals surface area (Å²) in [4.78, 5) is 0. The standard InChI is InChI=1S/C12H18FNO/c1-3-6-15-11-5-4-10(7-9(2)14)12(13)8-11/h4-5,8-9H,3,6-7,14H2,1-2H3. The van der Waals surface area contributed by atoms with Crippen LogP contribution in [0.4, 0.5) is 4.39 Å². The SMILES string of the molecule is CCCOc1ccc(CC(C)N)c(F)c1. The summed E-state index contributed by atoms with van der Waals surface area (Å²) in [5, 5.41) is 0. The van der Waals surface area contributed by atoms with Gasteiger partial charge in [-0.2, -0.15) is 0 Å². The normalized spacial score (nSPS) is 12.5. The first-order valence-electron chi connectivity index (χ1n) is 5.30. The predicted octanol–water partition coefficient (Wildman–Crippen LogP) is 2.50. The van der Waals surface area contributed by atoms with Gasteiger partial charge in [0.2, 0.25) is 0 Å². The Morgan fingerprint density at radius 1 is 1.47 bits per heavy atom. The molecule has 15 heavy (non-hydrogen) atoms. The largest absolute Gasteiger partial charge is 0.494 e. The van der Waals surface area contributed by atoms with Gasteiger partial charge in [0, 0.05) is 12.1 Å². The van der Waals surface area contributed by atoms with E-state index in [1.54, 1.807) is 12.1 Å². The van der Waals surface area contributed by atoms with E-state index in [-0.39, 0.29) is 11.9 Å². The lowest BCUT2D eigenvalue weighted by Gasteiger charge is -2.09. The van der Waals surface area contributed by atoms with E-state index in [0.29, 0.717) is 24.3 Å². The third-order valence-corrected chi connectivity index (χ3v) is 2.04. The van der Waals surface area contributed by atoms with Crippen molar-refractivity contribution < 1.29 is 9.13 Å². The first-order chi connectivity index (χ1) is 7.13. The van der Waals surface area contributed by atoms with Crippen LogP contribution in [0.5, 0.6) is 5.75 Å². The molecule has 0 radical (unpaired) electrons. The minimum atomic E-state index is -0.235. The maximum atomic E-state index is 13.5. The van der Waals surface area contributed by atoms with Crippen LogP contribution in [0.15, 0.2) is 18.2 Å². The summed E-state index contributed by atoms with van der Waals surface area (Å²) in [6.45, 7) is 4.49. The molecule has 0 amide bonds. The molecule has 1 atom stereocenters. The third-order valence-electron chi connectivity index (χ3n) is 2.04. The fourth-order valence-electron chi connectivity index (χ4n) is 1.35. The van der Waals surface area contributed by atoms with Crippen LogP contribution in [0.1, 0.15) is 25.8 Å². The molecule has 0 spiro atoms. The number of nitrogens with two attached hydrogens (primary N) is 1. The molecule has 1 rings (SSSR count). The molecule has 1 unspecified atom stereocenters. The molecule has 0 bridgehead atoms. The lowest BCUT2D eigenvalue weighted by atomic mass is 10.1. The number of hydrogen-bond acceptors (Lipinski definition) is 2. The number of hydrogen-bond donors (Lipinski definition) is 1. The molecule has 1 aromatic rings. The van der Waals surface area contributed by atoms with E-state index >= 15 is 0 Å². The molecular weight excluding hydrogens is 193 g/mol. The van der Waals surface area contributed by atoms with Crippen molar-refractivity contribution in [2.24, 2.45) is 5.73 Å². The molecule has 0 heterocycles. The van der Waals surface area contributed by atoms with Gasteiger partial charge in [0.05, 0.1) is 6.61 Å². The predicted molar refractivity (Wildman–Crippen MR) is 59.5 cm³/mol. The van der Waals surface area contributed by atoms with E-state index in [0.717, 1.165) is 6.42 Å². The van der Waals surface area contributed by atoms with Crippen LogP contribution in [0.2, 0.25) is 0 Å². The minimum Gasteiger partial charge on any atom is -0.494 e. The third kappa shape index (κ3) is 3.88. The van der Waals surface area contributed by atoms with Gasteiger partial charge in [-0.05, 0) is 31.4 Å². The topological polar surface area (TPSA) is 35.2 Å². The molecule has 2 N–H and O–H groups in total. The summed E-state index contributed by atoms with van der Waals surface area (Å²) in [6.07, 6.45) is 1.48. The van der Waals surface area contributed by atoms with Gasteiger partial charge < -0.3 is 10.5 Å². The molecule has 2 nitrogen and oxygen atoms in total. The number of halogens is 1. The minimum absolute atomic E-state index is 0.0260. The first-order valence-corrected chi connectivity index (χ1v) is 5.30. The highest BCUT2D eigenvalue weighted by Gasteiger charge is 2.06. The zero-order chi connectivity index (χ0) is 11.3. The second-order valence-electron chi connectivity index (χ2n) is 3.78. The summed E-state index contributed by atoms with van der Waals surface area (Å²) in [7, 11) is 0. The van der Waals surface area contributed by atoms with E-state index in [4.69, 9.17) is 10.5 Å². The van der Waals surface area contributed by atoms with E-state index in [9.17, 15) is 4.39 Å². The van der Waals surface area contributed by atoms with Crippen LogP contribution < -0.4 is 10.5 Å². The first kappa shape index (κ1) is 12.0. The van der Waals surface area contributed by atoms with Crippen molar-refractivity contribution in [1.82, 2.24) is 0 Å². The molecule has 1 aromatic carbocycles. The van der Waals surface area contributed by atoms with Gasteiger partial charge in [-0.1, -0.05) is 13.0 Å². The van der Waals surface area contributed by atoms with E-state index < -0.39 is 0 Å². The number of ether oxygens (including phenoxy) is 1. The van der Waals surface area contributed by atoms with Crippen LogP contribution in [0.3, 0.4) is 0 Å². The van der Waals surface area contributed by atoms with Crippen molar-refractivity contribution in [2.75, 3.05) is 6.61 Å². The molecule has 0 saturated heterocycles.